The van der Waals surface area contributed by atoms with Crippen LogP contribution in [-0.4, -0.2) is 38.8 Å². The summed E-state index contributed by atoms with van der Waals surface area (Å²) in [5.74, 6) is -1.53. The predicted molar refractivity (Wildman–Crippen MR) is 67.9 cm³/mol. The highest BCUT2D eigenvalue weighted by Crippen LogP contribution is 2.31. The van der Waals surface area contributed by atoms with Crippen molar-refractivity contribution in [2.45, 2.75) is 19.1 Å². The Labute approximate surface area is 118 Å². The molecule has 1 rings (SSSR count). The van der Waals surface area contributed by atoms with E-state index in [1.165, 1.54) is 6.92 Å². The zero-order valence-corrected chi connectivity index (χ0v) is 11.1. The van der Waals surface area contributed by atoms with Gasteiger partial charge in [0.25, 0.3) is 0 Å². The van der Waals surface area contributed by atoms with Crippen LogP contribution < -0.4 is 5.73 Å². The second-order valence-electron chi connectivity index (χ2n) is 3.67. The largest absolute Gasteiger partial charge is 0.464 e. The lowest BCUT2D eigenvalue weighted by Gasteiger charge is -2.17. The maximum absolute atomic E-state index is 11.3. The number of aromatic nitrogens is 1. The van der Waals surface area contributed by atoms with Crippen molar-refractivity contribution in [2.75, 3.05) is 12.3 Å². The number of nitrogens with zero attached hydrogens (tertiary/aromatic N) is 2. The number of nitrogen functional groups attached to an aromatic ring is 1. The molecule has 2 atom stereocenters. The van der Waals surface area contributed by atoms with Crippen LogP contribution in [-0.2, 0) is 9.53 Å². The molecule has 0 aliphatic carbocycles. The summed E-state index contributed by atoms with van der Waals surface area (Å²) in [5, 5.41) is 29.8. The minimum absolute atomic E-state index is 0.00349. The van der Waals surface area contributed by atoms with E-state index in [9.17, 15) is 25.1 Å². The van der Waals surface area contributed by atoms with Crippen molar-refractivity contribution in [3.8, 4) is 0 Å². The molecule has 1 aromatic heterocycles. The Morgan fingerprint density at radius 1 is 1.65 bits per heavy atom. The van der Waals surface area contributed by atoms with Gasteiger partial charge in [-0.1, -0.05) is 11.6 Å². The highest BCUT2D eigenvalue weighted by molar-refractivity contribution is 6.30. The topological polar surface area (TPSA) is 149 Å². The SMILES string of the molecule is CCOC(=O)C(O)C(O)c1cc([N+](=O)[O-])c(N)nc1Cl. The molecule has 0 bridgehead atoms. The Morgan fingerprint density at radius 3 is 2.75 bits per heavy atom. The molecule has 0 amide bonds. The Bertz CT molecular complexity index is 538. The fraction of sp³-hybridized carbons (Fsp3) is 0.400. The van der Waals surface area contributed by atoms with Crippen LogP contribution in [0.25, 0.3) is 0 Å². The third kappa shape index (κ3) is 3.32. The first-order chi connectivity index (χ1) is 9.29. The zero-order valence-electron chi connectivity index (χ0n) is 10.3. The molecule has 0 aliphatic heterocycles. The molecule has 0 aliphatic rings. The number of halogens is 1. The molecule has 9 nitrogen and oxygen atoms in total. The summed E-state index contributed by atoms with van der Waals surface area (Å²) in [5.41, 5.74) is 4.41. The lowest BCUT2D eigenvalue weighted by Crippen LogP contribution is -2.30. The number of esters is 1. The van der Waals surface area contributed by atoms with E-state index in [0.717, 1.165) is 6.07 Å². The molecule has 0 radical (unpaired) electrons. The maximum atomic E-state index is 11.3. The van der Waals surface area contributed by atoms with E-state index in [-0.39, 0.29) is 17.3 Å². The Hall–Kier alpha value is -1.97. The second kappa shape index (κ2) is 6.46. The summed E-state index contributed by atoms with van der Waals surface area (Å²) in [7, 11) is 0. The standard InChI is InChI=1S/C10H12ClN3O6/c1-2-20-10(17)7(16)6(15)4-3-5(14(18)19)9(12)13-8(4)11/h3,6-7,15-16H,2H2,1H3,(H2,12,13). The second-order valence-corrected chi connectivity index (χ2v) is 4.03. The number of carbonyl (C=O) groups excluding carboxylic acids is 1. The minimum Gasteiger partial charge on any atom is -0.464 e. The predicted octanol–water partition coefficient (Wildman–Crippen LogP) is 0.183. The quantitative estimate of drug-likeness (QED) is 0.302. The molecule has 0 spiro atoms. The van der Waals surface area contributed by atoms with Gasteiger partial charge in [-0.3, -0.25) is 10.1 Å². The van der Waals surface area contributed by atoms with Crippen molar-refractivity contribution < 1.29 is 24.7 Å². The Kier molecular flexibility index (Phi) is 5.19. The fourth-order valence-electron chi connectivity index (χ4n) is 1.39. The van der Waals surface area contributed by atoms with E-state index in [1.807, 2.05) is 0 Å². The van der Waals surface area contributed by atoms with Gasteiger partial charge in [-0.05, 0) is 6.92 Å². The van der Waals surface area contributed by atoms with Crippen LogP contribution in [0.1, 0.15) is 18.6 Å². The average Bonchev–Trinajstić information content (AvgIpc) is 2.37. The number of rotatable bonds is 5. The van der Waals surface area contributed by atoms with Crippen molar-refractivity contribution in [3.63, 3.8) is 0 Å². The van der Waals surface area contributed by atoms with Gasteiger partial charge in [0.2, 0.25) is 5.82 Å². The molecule has 110 valence electrons. The lowest BCUT2D eigenvalue weighted by molar-refractivity contribution is -0.384. The van der Waals surface area contributed by atoms with Crippen molar-refractivity contribution in [3.05, 3.63) is 26.9 Å². The van der Waals surface area contributed by atoms with E-state index in [1.54, 1.807) is 0 Å². The van der Waals surface area contributed by atoms with Crippen LogP contribution in [0.4, 0.5) is 11.5 Å². The van der Waals surface area contributed by atoms with E-state index >= 15 is 0 Å². The van der Waals surface area contributed by atoms with Crippen LogP contribution in [0.15, 0.2) is 6.07 Å². The normalized spacial score (nSPS) is 13.6. The van der Waals surface area contributed by atoms with Crippen LogP contribution in [0.2, 0.25) is 5.15 Å². The number of nitrogens with two attached hydrogens (primary N) is 1. The van der Waals surface area contributed by atoms with Gasteiger partial charge >= 0.3 is 11.7 Å². The number of nitro groups is 1. The molecule has 0 saturated heterocycles. The maximum Gasteiger partial charge on any atom is 0.338 e. The Balaban J connectivity index is 3.15. The van der Waals surface area contributed by atoms with Gasteiger partial charge in [-0.15, -0.1) is 0 Å². The molecule has 20 heavy (non-hydrogen) atoms. The van der Waals surface area contributed by atoms with Crippen LogP contribution >= 0.6 is 11.6 Å². The fourth-order valence-corrected chi connectivity index (χ4v) is 1.65. The van der Waals surface area contributed by atoms with Gasteiger partial charge in [0.15, 0.2) is 6.10 Å². The summed E-state index contributed by atoms with van der Waals surface area (Å²) >= 11 is 5.69. The van der Waals surface area contributed by atoms with Crippen LogP contribution in [0.5, 0.6) is 0 Å². The van der Waals surface area contributed by atoms with Gasteiger partial charge in [-0.2, -0.15) is 0 Å². The third-order valence-electron chi connectivity index (χ3n) is 2.35. The van der Waals surface area contributed by atoms with Gasteiger partial charge in [0.05, 0.1) is 11.5 Å². The van der Waals surface area contributed by atoms with Gasteiger partial charge in [0, 0.05) is 11.6 Å². The van der Waals surface area contributed by atoms with Crippen LogP contribution in [0.3, 0.4) is 0 Å². The van der Waals surface area contributed by atoms with Gasteiger partial charge < -0.3 is 20.7 Å². The van der Waals surface area contributed by atoms with E-state index in [4.69, 9.17) is 17.3 Å². The molecular weight excluding hydrogens is 294 g/mol. The van der Waals surface area contributed by atoms with Gasteiger partial charge in [-0.25, -0.2) is 9.78 Å². The number of aliphatic hydroxyl groups is 2. The highest BCUT2D eigenvalue weighted by Gasteiger charge is 2.31. The lowest BCUT2D eigenvalue weighted by atomic mass is 10.1. The average molecular weight is 306 g/mol. The summed E-state index contributed by atoms with van der Waals surface area (Å²) in [6, 6.07) is 0.845. The zero-order chi connectivity index (χ0) is 15.4. The number of hydrogen-bond donors (Lipinski definition) is 3. The smallest absolute Gasteiger partial charge is 0.338 e. The molecule has 1 heterocycles. The number of carbonyl (C=O) groups is 1. The number of anilines is 1. The number of ether oxygens (including phenoxy) is 1. The summed E-state index contributed by atoms with van der Waals surface area (Å²) < 4.78 is 4.52. The summed E-state index contributed by atoms with van der Waals surface area (Å²) in [4.78, 5) is 24.7. The summed E-state index contributed by atoms with van der Waals surface area (Å²) in [6.45, 7) is 1.51. The van der Waals surface area contributed by atoms with Crippen molar-refractivity contribution in [2.24, 2.45) is 0 Å². The first kappa shape index (κ1) is 16.1. The van der Waals surface area contributed by atoms with E-state index < -0.39 is 34.6 Å². The van der Waals surface area contributed by atoms with E-state index in [2.05, 4.69) is 9.72 Å². The molecule has 4 N–H and O–H groups in total. The third-order valence-corrected chi connectivity index (χ3v) is 2.66. The molecule has 1 aromatic rings. The number of pyridine rings is 1. The van der Waals surface area contributed by atoms with Crippen molar-refractivity contribution >= 4 is 29.1 Å². The molecule has 10 heteroatoms. The molecule has 0 saturated carbocycles. The van der Waals surface area contributed by atoms with Crippen molar-refractivity contribution in [1.29, 1.82) is 0 Å². The summed E-state index contributed by atoms with van der Waals surface area (Å²) in [6.07, 6.45) is -3.77. The Morgan fingerprint density at radius 2 is 2.25 bits per heavy atom. The number of hydrogen-bond acceptors (Lipinski definition) is 8. The highest BCUT2D eigenvalue weighted by atomic mass is 35.5. The molecule has 0 fully saturated rings. The van der Waals surface area contributed by atoms with E-state index in [0.29, 0.717) is 0 Å². The van der Waals surface area contributed by atoms with Crippen molar-refractivity contribution in [1.82, 2.24) is 4.98 Å². The van der Waals surface area contributed by atoms with Gasteiger partial charge in [0.1, 0.15) is 11.3 Å². The van der Waals surface area contributed by atoms with Crippen LogP contribution in [0, 0.1) is 10.1 Å². The minimum atomic E-state index is -1.95. The first-order valence-electron chi connectivity index (χ1n) is 5.42. The molecule has 2 unspecified atom stereocenters. The number of aliphatic hydroxyl groups excluding tert-OH is 2. The monoisotopic (exact) mass is 305 g/mol. The molecular formula is C10H12ClN3O6. The first-order valence-corrected chi connectivity index (χ1v) is 5.80. The molecule has 0 aromatic carbocycles.